The maximum Gasteiger partial charge on any atom is 0.323 e. The molecule has 1 aromatic heterocycles. The van der Waals surface area contributed by atoms with Gasteiger partial charge in [0, 0.05) is 31.5 Å². The molecule has 3 amide bonds. The summed E-state index contributed by atoms with van der Waals surface area (Å²) >= 11 is 1.44. The molecule has 1 aliphatic carbocycles. The van der Waals surface area contributed by atoms with Crippen molar-refractivity contribution in [2.75, 3.05) is 25.0 Å². The zero-order valence-corrected chi connectivity index (χ0v) is 16.9. The predicted octanol–water partition coefficient (Wildman–Crippen LogP) is 3.16. The number of amides is 3. The molecule has 1 aliphatic heterocycles. The number of benzene rings is 1. The fourth-order valence-electron chi connectivity index (χ4n) is 3.46. The van der Waals surface area contributed by atoms with Crippen LogP contribution in [-0.2, 0) is 11.2 Å². The highest BCUT2D eigenvalue weighted by atomic mass is 32.1. The summed E-state index contributed by atoms with van der Waals surface area (Å²) in [5.41, 5.74) is 0.598. The normalized spacial score (nSPS) is 17.2. The van der Waals surface area contributed by atoms with Crippen LogP contribution in [0.2, 0.25) is 0 Å². The Morgan fingerprint density at radius 1 is 1.14 bits per heavy atom. The van der Waals surface area contributed by atoms with Crippen LogP contribution in [0, 0.1) is 11.7 Å². The topological polar surface area (TPSA) is 87.2 Å². The molecule has 1 saturated heterocycles. The Hall–Kier alpha value is -2.55. The lowest BCUT2D eigenvalue weighted by atomic mass is 9.96. The van der Waals surface area contributed by atoms with Crippen molar-refractivity contribution < 1.29 is 14.0 Å². The zero-order chi connectivity index (χ0) is 20.2. The fourth-order valence-corrected chi connectivity index (χ4v) is 4.36. The van der Waals surface area contributed by atoms with E-state index < -0.39 is 0 Å². The third-order valence-electron chi connectivity index (χ3n) is 5.39. The Kier molecular flexibility index (Phi) is 6.03. The highest BCUT2D eigenvalue weighted by Crippen LogP contribution is 2.42. The molecule has 0 atom stereocenters. The van der Waals surface area contributed by atoms with Crippen LogP contribution in [0.3, 0.4) is 0 Å². The number of piperidine rings is 1. The molecule has 29 heavy (non-hydrogen) atoms. The van der Waals surface area contributed by atoms with Gasteiger partial charge in [-0.2, -0.15) is 0 Å². The first-order valence-corrected chi connectivity index (χ1v) is 10.8. The second-order valence-electron chi connectivity index (χ2n) is 7.54. The molecule has 2 fully saturated rings. The van der Waals surface area contributed by atoms with E-state index in [0.717, 1.165) is 17.8 Å². The lowest BCUT2D eigenvalue weighted by Crippen LogP contribution is -2.44. The number of urea groups is 1. The minimum atomic E-state index is -0.249. The number of hydrogen-bond donors (Lipinski definition) is 2. The molecule has 1 saturated carbocycles. The number of hydrogen-bond acceptors (Lipinski definition) is 5. The van der Waals surface area contributed by atoms with Crippen molar-refractivity contribution in [3.05, 3.63) is 40.7 Å². The molecular formula is C20H24FN5O2S. The summed E-state index contributed by atoms with van der Waals surface area (Å²) in [6.07, 6.45) is 3.99. The van der Waals surface area contributed by atoms with E-state index in [1.165, 1.54) is 17.4 Å². The molecule has 0 unspecified atom stereocenters. The predicted molar refractivity (Wildman–Crippen MR) is 108 cm³/mol. The van der Waals surface area contributed by atoms with Gasteiger partial charge in [-0.25, -0.2) is 9.18 Å². The summed E-state index contributed by atoms with van der Waals surface area (Å²) in [4.78, 5) is 26.5. The molecule has 0 radical (unpaired) electrons. The number of aromatic nitrogens is 2. The van der Waals surface area contributed by atoms with Gasteiger partial charge >= 0.3 is 6.03 Å². The monoisotopic (exact) mass is 417 g/mol. The molecule has 2 aromatic rings. The maximum absolute atomic E-state index is 13.6. The standard InChI is InChI=1S/C20H24FN5O2S/c21-16-4-2-1-3-13(16)7-10-22-17(27)14-8-11-26(12-9-14)20(28)23-19-25-24-18(29-19)15-5-6-15/h1-4,14-15H,5-12H2,(H,22,27)(H,23,25,28). The third-order valence-corrected chi connectivity index (χ3v) is 6.39. The highest BCUT2D eigenvalue weighted by molar-refractivity contribution is 7.15. The number of carbonyl (C=O) groups excluding carboxylic acids is 2. The molecule has 9 heteroatoms. The van der Waals surface area contributed by atoms with Crippen LogP contribution < -0.4 is 10.6 Å². The average Bonchev–Trinajstić information content (AvgIpc) is 3.48. The van der Waals surface area contributed by atoms with Crippen molar-refractivity contribution in [1.82, 2.24) is 20.4 Å². The summed E-state index contributed by atoms with van der Waals surface area (Å²) in [5, 5.41) is 15.4. The largest absolute Gasteiger partial charge is 0.356 e. The van der Waals surface area contributed by atoms with Gasteiger partial charge in [-0.3, -0.25) is 10.1 Å². The van der Waals surface area contributed by atoms with E-state index >= 15 is 0 Å². The van der Waals surface area contributed by atoms with Gasteiger partial charge in [-0.1, -0.05) is 29.5 Å². The Morgan fingerprint density at radius 3 is 2.62 bits per heavy atom. The highest BCUT2D eigenvalue weighted by Gasteiger charge is 2.29. The fraction of sp³-hybridized carbons (Fsp3) is 0.500. The van der Waals surface area contributed by atoms with Crippen LogP contribution in [0.1, 0.15) is 42.2 Å². The first kappa shape index (κ1) is 19.8. The van der Waals surface area contributed by atoms with Crippen molar-refractivity contribution in [2.24, 2.45) is 5.92 Å². The van der Waals surface area contributed by atoms with Gasteiger partial charge < -0.3 is 10.2 Å². The van der Waals surface area contributed by atoms with Crippen LogP contribution in [0.4, 0.5) is 14.3 Å². The molecule has 154 valence electrons. The van der Waals surface area contributed by atoms with Crippen LogP contribution in [0.15, 0.2) is 24.3 Å². The number of likely N-dealkylation sites (tertiary alicyclic amines) is 1. The van der Waals surface area contributed by atoms with E-state index in [1.807, 2.05) is 0 Å². The van der Waals surface area contributed by atoms with E-state index in [-0.39, 0.29) is 23.7 Å². The van der Waals surface area contributed by atoms with E-state index in [4.69, 9.17) is 0 Å². The molecule has 2 N–H and O–H groups in total. The number of nitrogens with one attached hydrogen (secondary N) is 2. The van der Waals surface area contributed by atoms with Crippen molar-refractivity contribution in [3.8, 4) is 0 Å². The van der Waals surface area contributed by atoms with E-state index in [0.29, 0.717) is 55.5 Å². The van der Waals surface area contributed by atoms with Gasteiger partial charge in [0.2, 0.25) is 11.0 Å². The minimum Gasteiger partial charge on any atom is -0.356 e. The van der Waals surface area contributed by atoms with E-state index in [1.54, 1.807) is 23.1 Å². The molecule has 2 aliphatic rings. The number of anilines is 1. The zero-order valence-electron chi connectivity index (χ0n) is 16.1. The summed E-state index contributed by atoms with van der Waals surface area (Å²) in [5.74, 6) is 0.119. The van der Waals surface area contributed by atoms with Crippen LogP contribution in [0.25, 0.3) is 0 Å². The van der Waals surface area contributed by atoms with Gasteiger partial charge in [0.25, 0.3) is 0 Å². The lowest BCUT2D eigenvalue weighted by Gasteiger charge is -2.31. The van der Waals surface area contributed by atoms with Crippen LogP contribution >= 0.6 is 11.3 Å². The summed E-state index contributed by atoms with van der Waals surface area (Å²) in [7, 11) is 0. The third kappa shape index (κ3) is 5.09. The van der Waals surface area contributed by atoms with Crippen molar-refractivity contribution in [2.45, 2.75) is 38.0 Å². The maximum atomic E-state index is 13.6. The Balaban J connectivity index is 1.18. The van der Waals surface area contributed by atoms with Crippen molar-refractivity contribution in [1.29, 1.82) is 0 Å². The smallest absolute Gasteiger partial charge is 0.323 e. The summed E-state index contributed by atoms with van der Waals surface area (Å²) in [6, 6.07) is 6.40. The SMILES string of the molecule is O=C(NCCc1ccccc1F)C1CCN(C(=O)Nc2nnc(C3CC3)s2)CC1. The van der Waals surface area contributed by atoms with Gasteiger partial charge in [-0.15, -0.1) is 10.2 Å². The number of carbonyl (C=O) groups is 2. The summed E-state index contributed by atoms with van der Waals surface area (Å²) in [6.45, 7) is 1.44. The minimum absolute atomic E-state index is 0.0282. The first-order valence-electron chi connectivity index (χ1n) is 10.0. The second kappa shape index (κ2) is 8.86. The quantitative estimate of drug-likeness (QED) is 0.756. The van der Waals surface area contributed by atoms with Gasteiger partial charge in [-0.05, 0) is 43.7 Å². The molecule has 0 bridgehead atoms. The van der Waals surface area contributed by atoms with Gasteiger partial charge in [0.15, 0.2) is 0 Å². The second-order valence-corrected chi connectivity index (χ2v) is 8.55. The Morgan fingerprint density at radius 2 is 1.90 bits per heavy atom. The van der Waals surface area contributed by atoms with Gasteiger partial charge in [0.05, 0.1) is 0 Å². The molecule has 1 aromatic carbocycles. The Labute approximate surface area is 172 Å². The van der Waals surface area contributed by atoms with Crippen LogP contribution in [-0.4, -0.2) is 46.7 Å². The van der Waals surface area contributed by atoms with E-state index in [9.17, 15) is 14.0 Å². The Bertz CT molecular complexity index is 877. The van der Waals surface area contributed by atoms with Gasteiger partial charge in [0.1, 0.15) is 10.8 Å². The average molecular weight is 418 g/mol. The number of halogens is 1. The molecule has 7 nitrogen and oxygen atoms in total. The molecule has 0 spiro atoms. The summed E-state index contributed by atoms with van der Waals surface area (Å²) < 4.78 is 13.6. The lowest BCUT2D eigenvalue weighted by molar-refractivity contribution is -0.126. The molecule has 4 rings (SSSR count). The molecular weight excluding hydrogens is 393 g/mol. The van der Waals surface area contributed by atoms with Crippen molar-refractivity contribution in [3.63, 3.8) is 0 Å². The van der Waals surface area contributed by atoms with E-state index in [2.05, 4.69) is 20.8 Å². The molecule has 2 heterocycles. The number of nitrogens with zero attached hydrogens (tertiary/aromatic N) is 3. The number of rotatable bonds is 6. The van der Waals surface area contributed by atoms with Crippen LogP contribution in [0.5, 0.6) is 0 Å². The van der Waals surface area contributed by atoms with Crippen molar-refractivity contribution >= 4 is 28.4 Å². The first-order chi connectivity index (χ1) is 14.1.